The number of carboxylic acids is 1. The van der Waals surface area contributed by atoms with Crippen LogP contribution >= 0.6 is 0 Å². The summed E-state index contributed by atoms with van der Waals surface area (Å²) in [5.41, 5.74) is 19.9. The summed E-state index contributed by atoms with van der Waals surface area (Å²) in [6.45, 7) is 2.95. The number of rotatable bonds is 33. The van der Waals surface area contributed by atoms with Crippen LogP contribution in [-0.2, 0) is 57.6 Å². The van der Waals surface area contributed by atoms with Crippen molar-refractivity contribution in [3.8, 4) is 5.75 Å². The van der Waals surface area contributed by atoms with Crippen LogP contribution in [0.15, 0.2) is 90.1 Å². The molecule has 4 aromatic rings. The van der Waals surface area contributed by atoms with Crippen LogP contribution < -0.4 is 54.4 Å². The van der Waals surface area contributed by atoms with E-state index in [1.165, 1.54) is 12.1 Å². The van der Waals surface area contributed by atoms with Crippen LogP contribution in [-0.4, -0.2) is 136 Å². The van der Waals surface area contributed by atoms with E-state index in [2.05, 4.69) is 47.2 Å². The number of carboxylic acid groups (broad SMARTS) is 1. The van der Waals surface area contributed by atoms with E-state index in [9.17, 15) is 53.7 Å². The Kier molecular flexibility index (Phi) is 25.2. The molecule has 434 valence electrons. The molecule has 0 spiro atoms. The number of aromatic amines is 1. The Morgan fingerprint density at radius 1 is 0.650 bits per heavy atom. The van der Waals surface area contributed by atoms with Gasteiger partial charge in [-0.3, -0.25) is 43.3 Å². The first-order chi connectivity index (χ1) is 38.3. The van der Waals surface area contributed by atoms with Gasteiger partial charge in [-0.15, -0.1) is 0 Å². The SMILES string of the molecule is CC(C)CC(NC(=O)C(Cc1ccc(O)cc1)NCC(CCCN=C(N)N)NC(=O)C(CO)NC(=O)C(Cc1ccccc1)NC(=O)C(CC1CCCCC1)NC(=O)CCC(=O)O)C(=O)NC(Cc1c[nH]c2ccccc12)C(N)=O. The van der Waals surface area contributed by atoms with Gasteiger partial charge >= 0.3 is 5.97 Å². The lowest BCUT2D eigenvalue weighted by molar-refractivity contribution is -0.139. The molecule has 23 nitrogen and oxygen atoms in total. The number of H-pyrrole nitrogens is 1. The van der Waals surface area contributed by atoms with Crippen LogP contribution in [0.2, 0.25) is 0 Å². The molecular formula is C57H80N12O11. The van der Waals surface area contributed by atoms with Crippen LogP contribution in [0.25, 0.3) is 10.9 Å². The first-order valence-electron chi connectivity index (χ1n) is 27.4. The van der Waals surface area contributed by atoms with E-state index in [1.54, 1.807) is 48.7 Å². The summed E-state index contributed by atoms with van der Waals surface area (Å²) < 4.78 is 0. The maximum Gasteiger partial charge on any atom is 0.303 e. The Labute approximate surface area is 465 Å². The number of nitrogens with two attached hydrogens (primary N) is 3. The normalized spacial score (nSPS) is 15.2. The number of aromatic hydroxyl groups is 1. The topological polar surface area (TPSA) is 388 Å². The first kappa shape index (κ1) is 62.8. The third-order valence-corrected chi connectivity index (χ3v) is 14.0. The van der Waals surface area contributed by atoms with Gasteiger partial charge in [0, 0.05) is 55.5 Å². The number of aliphatic hydroxyl groups excluding tert-OH is 1. The van der Waals surface area contributed by atoms with E-state index in [4.69, 9.17) is 17.2 Å². The number of nitrogens with zero attached hydrogens (tertiary/aromatic N) is 1. The molecule has 23 heteroatoms. The molecule has 7 unspecified atom stereocenters. The van der Waals surface area contributed by atoms with Gasteiger partial charge in [0.25, 0.3) is 0 Å². The fraction of sp³-hybridized carbons (Fsp3) is 0.491. The number of para-hydroxylation sites is 1. The van der Waals surface area contributed by atoms with Gasteiger partial charge in [-0.1, -0.05) is 107 Å². The quantitative estimate of drug-likeness (QED) is 0.0181. The highest BCUT2D eigenvalue weighted by molar-refractivity contribution is 5.95. The fourth-order valence-corrected chi connectivity index (χ4v) is 9.75. The molecule has 1 fully saturated rings. The van der Waals surface area contributed by atoms with Gasteiger partial charge in [-0.25, -0.2) is 0 Å². The minimum Gasteiger partial charge on any atom is -0.508 e. The molecule has 0 aliphatic heterocycles. The van der Waals surface area contributed by atoms with E-state index in [-0.39, 0.29) is 81.6 Å². The van der Waals surface area contributed by atoms with E-state index >= 15 is 0 Å². The van der Waals surface area contributed by atoms with Crippen molar-refractivity contribution >= 4 is 64.2 Å². The van der Waals surface area contributed by atoms with Crippen molar-refractivity contribution in [2.45, 2.75) is 146 Å². The van der Waals surface area contributed by atoms with Gasteiger partial charge in [0.1, 0.15) is 36.0 Å². The average Bonchev–Trinajstić information content (AvgIpc) is 3.86. The fourth-order valence-electron chi connectivity index (χ4n) is 9.75. The Hall–Kier alpha value is -8.05. The third-order valence-electron chi connectivity index (χ3n) is 14.0. The van der Waals surface area contributed by atoms with Gasteiger partial charge in [-0.2, -0.15) is 0 Å². The number of nitrogens with one attached hydrogen (secondary N) is 8. The zero-order valence-corrected chi connectivity index (χ0v) is 45.6. The molecule has 0 radical (unpaired) electrons. The van der Waals surface area contributed by atoms with E-state index in [1.807, 2.05) is 38.1 Å². The number of benzene rings is 3. The Balaban J connectivity index is 1.34. The molecule has 1 aromatic heterocycles. The van der Waals surface area contributed by atoms with Crippen LogP contribution in [0.1, 0.15) is 101 Å². The van der Waals surface area contributed by atoms with Gasteiger partial charge in [0.15, 0.2) is 5.96 Å². The number of aliphatic hydroxyl groups is 1. The summed E-state index contributed by atoms with van der Waals surface area (Å²) in [5, 5.41) is 50.5. The zero-order chi connectivity index (χ0) is 58.1. The molecule has 0 saturated heterocycles. The highest BCUT2D eigenvalue weighted by atomic mass is 16.4. The van der Waals surface area contributed by atoms with E-state index < -0.39 is 103 Å². The lowest BCUT2D eigenvalue weighted by Gasteiger charge is -2.29. The Morgan fingerprint density at radius 3 is 1.90 bits per heavy atom. The number of carbonyl (C=O) groups excluding carboxylic acids is 7. The van der Waals surface area contributed by atoms with Crippen molar-refractivity contribution in [3.05, 3.63) is 102 Å². The number of phenols is 1. The van der Waals surface area contributed by atoms with Crippen molar-refractivity contribution < 1.29 is 53.7 Å². The zero-order valence-electron chi connectivity index (χ0n) is 45.6. The smallest absolute Gasteiger partial charge is 0.303 e. The molecule has 80 heavy (non-hydrogen) atoms. The predicted molar refractivity (Wildman–Crippen MR) is 301 cm³/mol. The molecule has 7 amide bonds. The summed E-state index contributed by atoms with van der Waals surface area (Å²) in [5.74, 6) is -6.30. The number of aliphatic carboxylic acids is 1. The standard InChI is InChI=1S/C57H80N12O11/c1-34(2)26-45(53(77)66-43(51(58)75)30-38-31-62-42-18-10-9-17-41(38)42)67-52(76)44(27-37-19-21-40(71)22-20-37)63-32-39(16-11-25-61-57(59)60)64-56(80)48(33-70)69-55(79)47(29-36-14-7-4-8-15-36)68-54(78)46(28-35-12-5-3-6-13-35)65-49(72)23-24-50(73)74/h4,7-10,14-15,17-22,31,34-35,39,43-48,62-63,70-71H,3,5-6,11-13,16,23-30,32-33H2,1-2H3,(H2,58,75)(H,64,80)(H,65,72)(H,66,77)(H,67,76)(H,68,78)(H,69,79)(H,73,74)(H4,59,60,61). The summed E-state index contributed by atoms with van der Waals surface area (Å²) in [6, 6.07) is 14.4. The molecule has 1 aliphatic carbocycles. The molecule has 3 aromatic carbocycles. The van der Waals surface area contributed by atoms with Crippen molar-refractivity contribution in [1.82, 2.24) is 42.2 Å². The molecular weight excluding hydrogens is 1030 g/mol. The summed E-state index contributed by atoms with van der Waals surface area (Å²) >= 11 is 0. The molecule has 5 rings (SSSR count). The number of guanidine groups is 1. The van der Waals surface area contributed by atoms with Crippen molar-refractivity contribution in [2.24, 2.45) is 34.0 Å². The molecule has 7 atom stereocenters. The summed E-state index contributed by atoms with van der Waals surface area (Å²) in [4.78, 5) is 115. The lowest BCUT2D eigenvalue weighted by Crippen LogP contribution is -2.60. The van der Waals surface area contributed by atoms with Gasteiger partial charge in [0.2, 0.25) is 41.4 Å². The highest BCUT2D eigenvalue weighted by Crippen LogP contribution is 2.28. The number of phenolic OH excluding ortho intramolecular Hbond substituents is 1. The monoisotopic (exact) mass is 1110 g/mol. The predicted octanol–water partition coefficient (Wildman–Crippen LogP) is 1.18. The number of aliphatic imine (C=N–C) groups is 1. The maximum atomic E-state index is 14.5. The number of fused-ring (bicyclic) bond motifs is 1. The van der Waals surface area contributed by atoms with Crippen molar-refractivity contribution in [2.75, 3.05) is 19.7 Å². The lowest BCUT2D eigenvalue weighted by atomic mass is 9.84. The number of aromatic nitrogens is 1. The van der Waals surface area contributed by atoms with E-state index in [0.717, 1.165) is 48.6 Å². The van der Waals surface area contributed by atoms with Crippen molar-refractivity contribution in [1.29, 1.82) is 0 Å². The third kappa shape index (κ3) is 21.3. The van der Waals surface area contributed by atoms with Crippen molar-refractivity contribution in [3.63, 3.8) is 0 Å². The molecule has 17 N–H and O–H groups in total. The Morgan fingerprint density at radius 2 is 1.24 bits per heavy atom. The van der Waals surface area contributed by atoms with Gasteiger partial charge < -0.3 is 74.7 Å². The number of primary amides is 1. The summed E-state index contributed by atoms with van der Waals surface area (Å²) in [6.07, 6.45) is 6.63. The second-order valence-corrected chi connectivity index (χ2v) is 21.0. The van der Waals surface area contributed by atoms with Crippen LogP contribution in [0.5, 0.6) is 5.75 Å². The van der Waals surface area contributed by atoms with Crippen LogP contribution in [0.4, 0.5) is 0 Å². The number of amides is 7. The second-order valence-electron chi connectivity index (χ2n) is 21.0. The maximum absolute atomic E-state index is 14.5. The minimum absolute atomic E-state index is 0.00631. The van der Waals surface area contributed by atoms with E-state index in [0.29, 0.717) is 17.5 Å². The van der Waals surface area contributed by atoms with Gasteiger partial charge in [0.05, 0.1) is 19.1 Å². The van der Waals surface area contributed by atoms with Crippen LogP contribution in [0, 0.1) is 11.8 Å². The first-order valence-corrected chi connectivity index (χ1v) is 27.4. The minimum atomic E-state index is -1.56. The highest BCUT2D eigenvalue weighted by Gasteiger charge is 2.34. The van der Waals surface area contributed by atoms with Crippen LogP contribution in [0.3, 0.4) is 0 Å². The van der Waals surface area contributed by atoms with Gasteiger partial charge in [-0.05, 0) is 78.8 Å². The largest absolute Gasteiger partial charge is 0.508 e. The summed E-state index contributed by atoms with van der Waals surface area (Å²) in [7, 11) is 0. The number of hydrogen-bond acceptors (Lipinski definition) is 12. The number of carbonyl (C=O) groups is 8. The Bertz CT molecular complexity index is 2710. The molecule has 0 bridgehead atoms. The second kappa shape index (κ2) is 32.1. The molecule has 1 aliphatic rings. The molecule has 1 heterocycles. The molecule has 1 saturated carbocycles. The number of hydrogen-bond donors (Lipinski definition) is 14. The average molecular weight is 1110 g/mol.